The Morgan fingerprint density at radius 3 is 2.39 bits per heavy atom. The Bertz CT molecular complexity index is 363. The number of nitrogens with zero attached hydrogens (tertiary/aromatic N) is 2. The number of piperazine rings is 1. The van der Waals surface area contributed by atoms with Gasteiger partial charge < -0.3 is 0 Å². The minimum Gasteiger partial charge on any atom is -0.278 e. The molecule has 1 unspecified atom stereocenters. The zero-order chi connectivity index (χ0) is 13.0. The van der Waals surface area contributed by atoms with Gasteiger partial charge in [-0.2, -0.15) is 0 Å². The normalized spacial score (nSPS) is 21.7. The topological polar surface area (TPSA) is 3.24 Å². The van der Waals surface area contributed by atoms with Crippen molar-refractivity contribution in [2.75, 3.05) is 32.2 Å². The van der Waals surface area contributed by atoms with Gasteiger partial charge >= 0.3 is 0 Å². The molecule has 1 fully saturated rings. The molecule has 0 aliphatic carbocycles. The molecule has 0 radical (unpaired) electrons. The molecule has 1 aliphatic heterocycles. The smallest absolute Gasteiger partial charge is 0.150 e. The molecule has 1 heterocycles. The molecule has 1 aliphatic rings. The lowest BCUT2D eigenvalue weighted by molar-refractivity contribution is -1.08. The number of alkyl halides is 1. The van der Waals surface area contributed by atoms with E-state index >= 15 is 4.48 Å². The third kappa shape index (κ3) is 2.85. The van der Waals surface area contributed by atoms with E-state index in [2.05, 4.69) is 11.8 Å². The Morgan fingerprint density at radius 1 is 1.28 bits per heavy atom. The van der Waals surface area contributed by atoms with Crippen molar-refractivity contribution < 1.29 is 9.19 Å². The average molecular weight is 272 g/mol. The van der Waals surface area contributed by atoms with Gasteiger partial charge in [0.25, 0.3) is 0 Å². The molecule has 0 aromatic heterocycles. The highest BCUT2D eigenvalue weighted by atomic mass is 35.5. The Balaban J connectivity index is 2.13. The molecule has 0 spiro atoms. The van der Waals surface area contributed by atoms with Gasteiger partial charge in [0.05, 0.1) is 19.1 Å². The van der Waals surface area contributed by atoms with E-state index in [0.29, 0.717) is 19.1 Å². The molecule has 2 rings (SSSR count). The molecular weight excluding hydrogens is 251 g/mol. The van der Waals surface area contributed by atoms with Crippen molar-refractivity contribution >= 4 is 11.6 Å². The van der Waals surface area contributed by atoms with E-state index < -0.39 is 0 Å². The molecule has 1 aromatic carbocycles. The average Bonchev–Trinajstić information content (AvgIpc) is 2.41. The summed E-state index contributed by atoms with van der Waals surface area (Å²) < 4.78 is 14.7. The maximum Gasteiger partial charge on any atom is 0.150 e. The highest BCUT2D eigenvalue weighted by Crippen LogP contribution is 2.33. The van der Waals surface area contributed by atoms with Crippen LogP contribution < -0.4 is 0 Å². The maximum absolute atomic E-state index is 15.1. The van der Waals surface area contributed by atoms with Crippen molar-refractivity contribution in [3.8, 4) is 0 Å². The third-order valence-electron chi connectivity index (χ3n) is 3.87. The first-order valence-corrected chi connectivity index (χ1v) is 7.12. The standard InChI is InChI=1S/C14H21ClFN2/c1-2-14(13-6-4-3-5-7-13)18(16)10-8-17(12-15)9-11-18/h3-7,14H,2,8-12H2,1H3/q+1. The molecule has 1 aromatic rings. The number of benzene rings is 1. The monoisotopic (exact) mass is 271 g/mol. The lowest BCUT2D eigenvalue weighted by atomic mass is 10.0. The second-order valence-electron chi connectivity index (χ2n) is 4.94. The highest BCUT2D eigenvalue weighted by molar-refractivity contribution is 6.17. The third-order valence-corrected chi connectivity index (χ3v) is 4.21. The largest absolute Gasteiger partial charge is 0.278 e. The summed E-state index contributed by atoms with van der Waals surface area (Å²) in [5.41, 5.74) is 1.10. The minimum atomic E-state index is -0.353. The summed E-state index contributed by atoms with van der Waals surface area (Å²) in [7, 11) is 0. The van der Waals surface area contributed by atoms with E-state index in [0.717, 1.165) is 25.1 Å². The minimum absolute atomic E-state index is 0.0522. The molecule has 0 bridgehead atoms. The molecule has 0 N–H and O–H groups in total. The summed E-state index contributed by atoms with van der Waals surface area (Å²) in [6.07, 6.45) is 0.821. The van der Waals surface area contributed by atoms with Crippen molar-refractivity contribution in [3.05, 3.63) is 35.9 Å². The molecule has 0 saturated carbocycles. The second kappa shape index (κ2) is 6.00. The van der Waals surface area contributed by atoms with Crippen LogP contribution in [0.25, 0.3) is 0 Å². The number of halogens is 2. The predicted molar refractivity (Wildman–Crippen MR) is 72.9 cm³/mol. The van der Waals surface area contributed by atoms with Crippen LogP contribution in [0.15, 0.2) is 30.3 Å². The first-order chi connectivity index (χ1) is 8.69. The van der Waals surface area contributed by atoms with Gasteiger partial charge in [0, 0.05) is 12.0 Å². The van der Waals surface area contributed by atoms with Gasteiger partial charge in [0.1, 0.15) is 13.1 Å². The quantitative estimate of drug-likeness (QED) is 0.461. The summed E-state index contributed by atoms with van der Waals surface area (Å²) in [5.74, 6) is 0. The molecule has 1 saturated heterocycles. The van der Waals surface area contributed by atoms with E-state index in [4.69, 9.17) is 11.6 Å². The van der Waals surface area contributed by atoms with Crippen LogP contribution >= 0.6 is 11.6 Å². The molecular formula is C14H21ClFN2+. The van der Waals surface area contributed by atoms with Gasteiger partial charge in [-0.3, -0.25) is 4.90 Å². The SMILES string of the molecule is CCC(c1ccccc1)[N+]1(F)CCN(CCl)CC1. The zero-order valence-corrected chi connectivity index (χ0v) is 11.6. The Labute approximate surface area is 113 Å². The van der Waals surface area contributed by atoms with E-state index in [1.54, 1.807) is 0 Å². The van der Waals surface area contributed by atoms with Crippen molar-refractivity contribution in [3.63, 3.8) is 0 Å². The van der Waals surface area contributed by atoms with Gasteiger partial charge in [-0.1, -0.05) is 37.3 Å². The van der Waals surface area contributed by atoms with Crippen LogP contribution in [0.3, 0.4) is 0 Å². The van der Waals surface area contributed by atoms with Gasteiger partial charge in [0.2, 0.25) is 0 Å². The number of rotatable bonds is 4. The molecule has 1 atom stereocenters. The van der Waals surface area contributed by atoms with E-state index in [1.807, 2.05) is 30.3 Å². The fourth-order valence-electron chi connectivity index (χ4n) is 2.78. The maximum atomic E-state index is 15.1. The van der Waals surface area contributed by atoms with Crippen LogP contribution in [-0.4, -0.2) is 41.8 Å². The number of quaternary nitrogens is 1. The zero-order valence-electron chi connectivity index (χ0n) is 10.9. The lowest BCUT2D eigenvalue weighted by Crippen LogP contribution is -2.55. The Morgan fingerprint density at radius 2 is 1.89 bits per heavy atom. The first-order valence-electron chi connectivity index (χ1n) is 6.59. The summed E-state index contributed by atoms with van der Waals surface area (Å²) in [4.78, 5) is 2.09. The van der Waals surface area contributed by atoms with Crippen LogP contribution in [0, 0.1) is 0 Å². The Hall–Kier alpha value is -0.640. The summed E-state index contributed by atoms with van der Waals surface area (Å²) in [6.45, 7) is 4.60. The molecule has 100 valence electrons. The second-order valence-corrected chi connectivity index (χ2v) is 5.18. The number of hydrogen-bond acceptors (Lipinski definition) is 1. The molecule has 2 nitrogen and oxygen atoms in total. The summed E-state index contributed by atoms with van der Waals surface area (Å²) in [6, 6.07) is 10.5. The van der Waals surface area contributed by atoms with Gasteiger partial charge in [-0.25, -0.2) is 0 Å². The van der Waals surface area contributed by atoms with E-state index in [9.17, 15) is 0 Å². The predicted octanol–water partition coefficient (Wildman–Crippen LogP) is 3.35. The molecule has 18 heavy (non-hydrogen) atoms. The van der Waals surface area contributed by atoms with Gasteiger partial charge in [-0.15, -0.1) is 16.3 Å². The summed E-state index contributed by atoms with van der Waals surface area (Å²) in [5, 5.41) is 0. The summed E-state index contributed by atoms with van der Waals surface area (Å²) >= 11 is 5.80. The number of hydrogen-bond donors (Lipinski definition) is 0. The van der Waals surface area contributed by atoms with Crippen LogP contribution in [0.1, 0.15) is 24.9 Å². The van der Waals surface area contributed by atoms with Gasteiger partial charge in [-0.05, 0) is 4.48 Å². The fraction of sp³-hybridized carbons (Fsp3) is 0.571. The van der Waals surface area contributed by atoms with Crippen molar-refractivity contribution in [2.24, 2.45) is 0 Å². The van der Waals surface area contributed by atoms with Crippen molar-refractivity contribution in [2.45, 2.75) is 19.4 Å². The van der Waals surface area contributed by atoms with Crippen LogP contribution in [0.4, 0.5) is 4.48 Å². The first kappa shape index (κ1) is 13.8. The molecule has 4 heteroatoms. The van der Waals surface area contributed by atoms with Crippen LogP contribution in [0.2, 0.25) is 0 Å². The van der Waals surface area contributed by atoms with Crippen molar-refractivity contribution in [1.82, 2.24) is 4.90 Å². The van der Waals surface area contributed by atoms with Crippen LogP contribution in [0.5, 0.6) is 0 Å². The Kier molecular flexibility index (Phi) is 4.60. The van der Waals surface area contributed by atoms with Gasteiger partial charge in [0.15, 0.2) is 6.04 Å². The van der Waals surface area contributed by atoms with E-state index in [1.165, 1.54) is 0 Å². The highest BCUT2D eigenvalue weighted by Gasteiger charge is 2.41. The van der Waals surface area contributed by atoms with Crippen molar-refractivity contribution in [1.29, 1.82) is 0 Å². The fourth-order valence-corrected chi connectivity index (χ4v) is 3.01. The molecule has 0 amide bonds. The van der Waals surface area contributed by atoms with Crippen LogP contribution in [-0.2, 0) is 0 Å². The van der Waals surface area contributed by atoms with E-state index in [-0.39, 0.29) is 10.7 Å². The lowest BCUT2D eigenvalue weighted by Gasteiger charge is -2.39.